The van der Waals surface area contributed by atoms with Crippen LogP contribution < -0.4 is 10.2 Å². The number of carbonyl (C=O) groups excluding carboxylic acids is 2. The van der Waals surface area contributed by atoms with E-state index in [9.17, 15) is 22.8 Å². The maximum absolute atomic E-state index is 13.9. The van der Waals surface area contributed by atoms with Crippen molar-refractivity contribution in [3.8, 4) is 0 Å². The molecule has 1 N–H and O–H groups in total. The highest BCUT2D eigenvalue weighted by Crippen LogP contribution is 2.39. The zero-order valence-corrected chi connectivity index (χ0v) is 19.5. The smallest absolute Gasteiger partial charge is 0.436 e. The quantitative estimate of drug-likeness (QED) is 0.519. The third kappa shape index (κ3) is 4.87. The summed E-state index contributed by atoms with van der Waals surface area (Å²) in [5.74, 6) is -1.21. The molecule has 2 aromatic carbocycles. The van der Waals surface area contributed by atoms with Crippen LogP contribution >= 0.6 is 0 Å². The molecule has 0 fully saturated rings. The third-order valence-electron chi connectivity index (χ3n) is 6.10. The molecule has 35 heavy (non-hydrogen) atoms. The number of ether oxygens (including phenoxy) is 1. The van der Waals surface area contributed by atoms with Crippen LogP contribution in [0.15, 0.2) is 48.5 Å². The van der Waals surface area contributed by atoms with Crippen LogP contribution in [0.3, 0.4) is 0 Å². The average molecular weight is 486 g/mol. The molecule has 1 amide bonds. The second-order valence-corrected chi connectivity index (χ2v) is 8.42. The van der Waals surface area contributed by atoms with Gasteiger partial charge in [-0.2, -0.15) is 18.3 Å². The van der Waals surface area contributed by atoms with Crippen LogP contribution in [0.2, 0.25) is 0 Å². The number of aromatic nitrogens is 2. The summed E-state index contributed by atoms with van der Waals surface area (Å²) in [6.07, 6.45) is -4.79. The molecular formula is C25H25F3N4O3. The van der Waals surface area contributed by atoms with Gasteiger partial charge in [-0.15, -0.1) is 0 Å². The minimum absolute atomic E-state index is 0.159. The Kier molecular flexibility index (Phi) is 6.56. The Balaban J connectivity index is 1.64. The highest BCUT2D eigenvalue weighted by atomic mass is 19.4. The van der Waals surface area contributed by atoms with E-state index in [-0.39, 0.29) is 12.4 Å². The molecule has 1 aliphatic rings. The van der Waals surface area contributed by atoms with Gasteiger partial charge in [0.05, 0.1) is 25.3 Å². The van der Waals surface area contributed by atoms with Crippen molar-refractivity contribution in [2.45, 2.75) is 39.2 Å². The van der Waals surface area contributed by atoms with Gasteiger partial charge in [-0.1, -0.05) is 36.4 Å². The van der Waals surface area contributed by atoms with Crippen LogP contribution in [0.5, 0.6) is 0 Å². The number of amides is 1. The van der Waals surface area contributed by atoms with E-state index in [4.69, 9.17) is 0 Å². The normalized spacial score (nSPS) is 13.9. The van der Waals surface area contributed by atoms with Crippen molar-refractivity contribution in [1.82, 2.24) is 15.1 Å². The van der Waals surface area contributed by atoms with E-state index in [1.165, 1.54) is 23.9 Å². The number of aryl methyl sites for hydroxylation is 1. The van der Waals surface area contributed by atoms with Crippen LogP contribution in [0.1, 0.15) is 56.1 Å². The SMILES string of the molecule is COC(=O)c1ccc(C(C)NC(=O)c2c(C(F)(F)F)nn3c2N(Cc2ccccc2C)CC3)cc1. The van der Waals surface area contributed by atoms with Crippen molar-refractivity contribution in [2.24, 2.45) is 0 Å². The fourth-order valence-electron chi connectivity index (χ4n) is 4.18. The molecule has 0 saturated heterocycles. The molecule has 0 aliphatic carbocycles. The Labute approximate surface area is 200 Å². The van der Waals surface area contributed by atoms with Crippen LogP contribution in [-0.2, 0) is 24.0 Å². The van der Waals surface area contributed by atoms with Crippen LogP contribution in [0.4, 0.5) is 19.0 Å². The van der Waals surface area contributed by atoms with Gasteiger partial charge in [0.2, 0.25) is 0 Å². The molecular weight excluding hydrogens is 461 g/mol. The summed E-state index contributed by atoms with van der Waals surface area (Å²) in [4.78, 5) is 26.6. The molecule has 10 heteroatoms. The number of nitrogens with one attached hydrogen (secondary N) is 1. The Morgan fingerprint density at radius 2 is 1.80 bits per heavy atom. The molecule has 1 unspecified atom stereocenters. The lowest BCUT2D eigenvalue weighted by atomic mass is 10.1. The molecule has 2 heterocycles. The lowest BCUT2D eigenvalue weighted by molar-refractivity contribution is -0.141. The second kappa shape index (κ2) is 9.44. The van der Waals surface area contributed by atoms with Crippen molar-refractivity contribution >= 4 is 17.7 Å². The van der Waals surface area contributed by atoms with E-state index in [0.717, 1.165) is 11.1 Å². The molecule has 1 aromatic heterocycles. The maximum atomic E-state index is 13.9. The standard InChI is InChI=1S/C25H25F3N4O3/c1-15-6-4-5-7-19(15)14-31-12-13-32-23(31)20(21(30-32)25(26,27)28)22(33)29-16(2)17-8-10-18(11-9-17)24(34)35-3/h4-11,16H,12-14H2,1-3H3,(H,29,33). The number of benzene rings is 2. The van der Waals surface area contributed by atoms with E-state index >= 15 is 0 Å². The predicted octanol–water partition coefficient (Wildman–Crippen LogP) is 4.51. The lowest BCUT2D eigenvalue weighted by Gasteiger charge is -2.21. The average Bonchev–Trinajstić information content (AvgIpc) is 3.40. The number of fused-ring (bicyclic) bond motifs is 1. The Bertz CT molecular complexity index is 1250. The van der Waals surface area contributed by atoms with E-state index in [1.807, 2.05) is 31.2 Å². The molecule has 7 nitrogen and oxygen atoms in total. The largest absolute Gasteiger partial charge is 0.465 e. The van der Waals surface area contributed by atoms with Crippen molar-refractivity contribution < 1.29 is 27.5 Å². The van der Waals surface area contributed by atoms with E-state index < -0.39 is 35.4 Å². The summed E-state index contributed by atoms with van der Waals surface area (Å²) >= 11 is 0. The molecule has 0 bridgehead atoms. The van der Waals surface area contributed by atoms with Crippen molar-refractivity contribution in [3.63, 3.8) is 0 Å². The Morgan fingerprint density at radius 3 is 2.43 bits per heavy atom. The van der Waals surface area contributed by atoms with Crippen LogP contribution in [0, 0.1) is 6.92 Å². The summed E-state index contributed by atoms with van der Waals surface area (Å²) in [5, 5.41) is 6.42. The first-order valence-corrected chi connectivity index (χ1v) is 11.1. The summed E-state index contributed by atoms with van der Waals surface area (Å²) in [6.45, 7) is 4.65. The van der Waals surface area contributed by atoms with E-state index in [2.05, 4.69) is 15.2 Å². The van der Waals surface area contributed by atoms with Crippen molar-refractivity contribution in [3.05, 3.63) is 82.0 Å². The summed E-state index contributed by atoms with van der Waals surface area (Å²) in [6, 6.07) is 13.3. The minimum atomic E-state index is -4.79. The number of halogens is 3. The topological polar surface area (TPSA) is 76.5 Å². The molecule has 3 aromatic rings. The first kappa shape index (κ1) is 24.3. The van der Waals surface area contributed by atoms with Gasteiger partial charge in [0.1, 0.15) is 11.4 Å². The van der Waals surface area contributed by atoms with Gasteiger partial charge < -0.3 is 15.0 Å². The van der Waals surface area contributed by atoms with Gasteiger partial charge in [0, 0.05) is 13.1 Å². The highest BCUT2D eigenvalue weighted by molar-refractivity contribution is 6.01. The number of hydrogen-bond donors (Lipinski definition) is 1. The lowest BCUT2D eigenvalue weighted by Crippen LogP contribution is -2.31. The Morgan fingerprint density at radius 1 is 1.11 bits per heavy atom. The fraction of sp³-hybridized carbons (Fsp3) is 0.320. The van der Waals surface area contributed by atoms with Gasteiger partial charge in [-0.05, 0) is 42.7 Å². The first-order valence-electron chi connectivity index (χ1n) is 11.1. The number of anilines is 1. The van der Waals surface area contributed by atoms with Gasteiger partial charge >= 0.3 is 12.1 Å². The van der Waals surface area contributed by atoms with Crippen molar-refractivity contribution in [2.75, 3.05) is 18.6 Å². The zero-order chi connectivity index (χ0) is 25.3. The first-order chi connectivity index (χ1) is 16.6. The number of methoxy groups -OCH3 is 1. The van der Waals surface area contributed by atoms with Crippen molar-refractivity contribution in [1.29, 1.82) is 0 Å². The number of hydrogen-bond acceptors (Lipinski definition) is 5. The summed E-state index contributed by atoms with van der Waals surface area (Å²) in [7, 11) is 1.27. The molecule has 0 radical (unpaired) electrons. The van der Waals surface area contributed by atoms with Crippen LogP contribution in [-0.4, -0.2) is 35.3 Å². The van der Waals surface area contributed by atoms with Gasteiger partial charge in [-0.25, -0.2) is 9.48 Å². The number of carbonyl (C=O) groups is 2. The van der Waals surface area contributed by atoms with E-state index in [0.29, 0.717) is 24.2 Å². The van der Waals surface area contributed by atoms with E-state index in [1.54, 1.807) is 24.0 Å². The second-order valence-electron chi connectivity index (χ2n) is 8.42. The van der Waals surface area contributed by atoms with Gasteiger partial charge in [0.25, 0.3) is 5.91 Å². The number of alkyl halides is 3. The number of esters is 1. The molecule has 4 rings (SSSR count). The number of rotatable bonds is 6. The van der Waals surface area contributed by atoms with Gasteiger partial charge in [-0.3, -0.25) is 4.79 Å². The molecule has 1 atom stereocenters. The number of nitrogens with zero attached hydrogens (tertiary/aromatic N) is 3. The molecule has 184 valence electrons. The monoisotopic (exact) mass is 486 g/mol. The maximum Gasteiger partial charge on any atom is 0.436 e. The Hall–Kier alpha value is -3.82. The predicted molar refractivity (Wildman–Crippen MR) is 123 cm³/mol. The van der Waals surface area contributed by atoms with Gasteiger partial charge in [0.15, 0.2) is 5.69 Å². The molecule has 1 aliphatic heterocycles. The molecule has 0 saturated carbocycles. The summed E-state index contributed by atoms with van der Waals surface area (Å²) in [5.41, 5.74) is 1.24. The minimum Gasteiger partial charge on any atom is -0.465 e. The fourth-order valence-corrected chi connectivity index (χ4v) is 4.18. The third-order valence-corrected chi connectivity index (χ3v) is 6.10. The van der Waals surface area contributed by atoms with Crippen LogP contribution in [0.25, 0.3) is 0 Å². The highest BCUT2D eigenvalue weighted by Gasteiger charge is 2.44. The zero-order valence-electron chi connectivity index (χ0n) is 19.5. The molecule has 0 spiro atoms. The summed E-state index contributed by atoms with van der Waals surface area (Å²) < 4.78 is 47.6.